The summed E-state index contributed by atoms with van der Waals surface area (Å²) < 4.78 is 5.69. The lowest BCUT2D eigenvalue weighted by Gasteiger charge is -2.32. The number of benzene rings is 1. The van der Waals surface area contributed by atoms with Crippen LogP contribution in [0.3, 0.4) is 0 Å². The van der Waals surface area contributed by atoms with Gasteiger partial charge in [-0.3, -0.25) is 4.79 Å². The van der Waals surface area contributed by atoms with E-state index >= 15 is 0 Å². The Morgan fingerprint density at radius 2 is 2.10 bits per heavy atom. The van der Waals surface area contributed by atoms with Crippen LogP contribution in [0.25, 0.3) is 0 Å². The summed E-state index contributed by atoms with van der Waals surface area (Å²) in [5, 5.41) is 3.35. The highest BCUT2D eigenvalue weighted by Gasteiger charge is 2.23. The van der Waals surface area contributed by atoms with E-state index in [4.69, 9.17) is 4.74 Å². The Hall–Kier alpha value is -1.55. The van der Waals surface area contributed by atoms with Gasteiger partial charge in [0.2, 0.25) is 0 Å². The Balaban J connectivity index is 1.59. The summed E-state index contributed by atoms with van der Waals surface area (Å²) in [6.07, 6.45) is 2.58. The van der Waals surface area contributed by atoms with Gasteiger partial charge in [-0.25, -0.2) is 0 Å². The molecule has 1 amide bonds. The number of nitrogens with one attached hydrogen (secondary N) is 1. The molecule has 20 heavy (non-hydrogen) atoms. The van der Waals surface area contributed by atoms with E-state index in [1.807, 2.05) is 29.2 Å². The van der Waals surface area contributed by atoms with E-state index in [9.17, 15) is 4.79 Å². The number of carbonyl (C=O) groups excluding carboxylic acids is 1. The van der Waals surface area contributed by atoms with Crippen LogP contribution in [-0.4, -0.2) is 43.1 Å². The summed E-state index contributed by atoms with van der Waals surface area (Å²) in [5.41, 5.74) is 0.748. The maximum atomic E-state index is 12.4. The molecule has 1 atom stereocenters. The molecule has 108 valence electrons. The third-order valence-corrected chi connectivity index (χ3v) is 3.94. The molecule has 1 aliphatic heterocycles. The first-order valence-electron chi connectivity index (χ1n) is 7.48. The zero-order valence-electron chi connectivity index (χ0n) is 12.0. The Morgan fingerprint density at radius 3 is 2.75 bits per heavy atom. The van der Waals surface area contributed by atoms with Gasteiger partial charge in [0.15, 0.2) is 0 Å². The summed E-state index contributed by atoms with van der Waals surface area (Å²) in [4.78, 5) is 14.3. The minimum atomic E-state index is 0.118. The molecule has 2 fully saturated rings. The second-order valence-electron chi connectivity index (χ2n) is 5.89. The number of rotatable bonds is 4. The molecule has 0 radical (unpaired) electrons. The second-order valence-corrected chi connectivity index (χ2v) is 5.89. The van der Waals surface area contributed by atoms with Gasteiger partial charge in [0.25, 0.3) is 5.91 Å². The van der Waals surface area contributed by atoms with Crippen LogP contribution in [0.2, 0.25) is 0 Å². The van der Waals surface area contributed by atoms with Gasteiger partial charge in [-0.1, -0.05) is 0 Å². The summed E-state index contributed by atoms with van der Waals surface area (Å²) in [6.45, 7) is 5.34. The molecule has 4 nitrogen and oxygen atoms in total. The van der Waals surface area contributed by atoms with Gasteiger partial charge in [0.05, 0.1) is 6.61 Å². The molecule has 1 N–H and O–H groups in total. The Morgan fingerprint density at radius 1 is 1.35 bits per heavy atom. The largest absolute Gasteiger partial charge is 0.493 e. The second kappa shape index (κ2) is 5.83. The lowest BCUT2D eigenvalue weighted by atomic mass is 10.1. The number of nitrogens with zero attached hydrogens (tertiary/aromatic N) is 1. The van der Waals surface area contributed by atoms with Crippen molar-refractivity contribution in [1.82, 2.24) is 10.2 Å². The van der Waals surface area contributed by atoms with Crippen molar-refractivity contribution in [2.75, 3.05) is 26.2 Å². The predicted octanol–water partition coefficient (Wildman–Crippen LogP) is 1.91. The molecule has 4 heteroatoms. The number of carbonyl (C=O) groups is 1. The molecular formula is C16H22N2O2. The molecule has 1 aromatic carbocycles. The Labute approximate surface area is 120 Å². The van der Waals surface area contributed by atoms with Crippen LogP contribution in [0.5, 0.6) is 5.75 Å². The van der Waals surface area contributed by atoms with Gasteiger partial charge in [-0.05, 0) is 49.9 Å². The van der Waals surface area contributed by atoms with Crippen molar-refractivity contribution in [2.24, 2.45) is 5.92 Å². The van der Waals surface area contributed by atoms with Crippen LogP contribution in [0.15, 0.2) is 24.3 Å². The summed E-state index contributed by atoms with van der Waals surface area (Å²) in [7, 11) is 0. The summed E-state index contributed by atoms with van der Waals surface area (Å²) in [6, 6.07) is 7.92. The third kappa shape index (κ3) is 3.31. The van der Waals surface area contributed by atoms with E-state index in [0.29, 0.717) is 6.04 Å². The molecule has 2 aliphatic rings. The zero-order chi connectivity index (χ0) is 13.9. The van der Waals surface area contributed by atoms with Gasteiger partial charge in [0.1, 0.15) is 5.75 Å². The minimum Gasteiger partial charge on any atom is -0.493 e. The molecular weight excluding hydrogens is 252 g/mol. The van der Waals surface area contributed by atoms with Gasteiger partial charge >= 0.3 is 0 Å². The first-order chi connectivity index (χ1) is 9.72. The maximum Gasteiger partial charge on any atom is 0.253 e. The Kier molecular flexibility index (Phi) is 3.92. The molecule has 1 heterocycles. The van der Waals surface area contributed by atoms with Gasteiger partial charge in [0, 0.05) is 31.2 Å². The first-order valence-corrected chi connectivity index (χ1v) is 7.48. The predicted molar refractivity (Wildman–Crippen MR) is 78.0 cm³/mol. The average molecular weight is 274 g/mol. The average Bonchev–Trinajstić information content (AvgIpc) is 3.29. The first kappa shape index (κ1) is 13.4. The normalized spacial score (nSPS) is 22.6. The number of hydrogen-bond donors (Lipinski definition) is 1. The third-order valence-electron chi connectivity index (χ3n) is 3.94. The lowest BCUT2D eigenvalue weighted by Crippen LogP contribution is -2.51. The van der Waals surface area contributed by atoms with E-state index in [1.54, 1.807) is 0 Å². The molecule has 1 aromatic rings. The molecule has 1 saturated heterocycles. The van der Waals surface area contributed by atoms with Gasteiger partial charge in [-0.2, -0.15) is 0 Å². The molecule has 0 aromatic heterocycles. The number of hydrogen-bond acceptors (Lipinski definition) is 3. The highest BCUT2D eigenvalue weighted by molar-refractivity contribution is 5.94. The van der Waals surface area contributed by atoms with E-state index in [1.165, 1.54) is 12.8 Å². The SMILES string of the molecule is CC1CN(C(=O)c2ccc(OCC3CC3)cc2)CCN1. The van der Waals surface area contributed by atoms with E-state index in [0.717, 1.165) is 43.5 Å². The highest BCUT2D eigenvalue weighted by Crippen LogP contribution is 2.29. The van der Waals surface area contributed by atoms with E-state index < -0.39 is 0 Å². The van der Waals surface area contributed by atoms with Gasteiger partial charge in [-0.15, -0.1) is 0 Å². The molecule has 3 rings (SSSR count). The van der Waals surface area contributed by atoms with Crippen LogP contribution in [0.4, 0.5) is 0 Å². The monoisotopic (exact) mass is 274 g/mol. The molecule has 1 saturated carbocycles. The minimum absolute atomic E-state index is 0.118. The van der Waals surface area contributed by atoms with E-state index in [-0.39, 0.29) is 5.91 Å². The fourth-order valence-electron chi connectivity index (χ4n) is 2.49. The standard InChI is InChI=1S/C16H22N2O2/c1-12-10-18(9-8-17-12)16(19)14-4-6-15(7-5-14)20-11-13-2-3-13/h4-7,12-13,17H,2-3,8-11H2,1H3. The van der Waals surface area contributed by atoms with Crippen molar-refractivity contribution in [2.45, 2.75) is 25.8 Å². The molecule has 1 aliphatic carbocycles. The quantitative estimate of drug-likeness (QED) is 0.912. The summed E-state index contributed by atoms with van der Waals surface area (Å²) >= 11 is 0. The van der Waals surface area contributed by atoms with Crippen molar-refractivity contribution < 1.29 is 9.53 Å². The maximum absolute atomic E-state index is 12.4. The fraction of sp³-hybridized carbons (Fsp3) is 0.562. The topological polar surface area (TPSA) is 41.6 Å². The van der Waals surface area contributed by atoms with Gasteiger partial charge < -0.3 is 15.0 Å². The number of amides is 1. The number of ether oxygens (including phenoxy) is 1. The number of piperazine rings is 1. The smallest absolute Gasteiger partial charge is 0.253 e. The van der Waals surface area contributed by atoms with Crippen molar-refractivity contribution in [3.05, 3.63) is 29.8 Å². The molecule has 1 unspecified atom stereocenters. The fourth-order valence-corrected chi connectivity index (χ4v) is 2.49. The van der Waals surface area contributed by atoms with Crippen LogP contribution in [-0.2, 0) is 0 Å². The lowest BCUT2D eigenvalue weighted by molar-refractivity contribution is 0.0709. The van der Waals surface area contributed by atoms with Crippen molar-refractivity contribution in [3.63, 3.8) is 0 Å². The van der Waals surface area contributed by atoms with Crippen LogP contribution >= 0.6 is 0 Å². The summed E-state index contributed by atoms with van der Waals surface area (Å²) in [5.74, 6) is 1.73. The highest BCUT2D eigenvalue weighted by atomic mass is 16.5. The molecule has 0 spiro atoms. The van der Waals surface area contributed by atoms with Crippen molar-refractivity contribution >= 4 is 5.91 Å². The van der Waals surface area contributed by atoms with Crippen LogP contribution < -0.4 is 10.1 Å². The van der Waals surface area contributed by atoms with Crippen LogP contribution in [0, 0.1) is 5.92 Å². The van der Waals surface area contributed by atoms with Crippen molar-refractivity contribution in [1.29, 1.82) is 0 Å². The van der Waals surface area contributed by atoms with Crippen molar-refractivity contribution in [3.8, 4) is 5.75 Å². The van der Waals surface area contributed by atoms with E-state index in [2.05, 4.69) is 12.2 Å². The zero-order valence-corrected chi connectivity index (χ0v) is 12.0. The van der Waals surface area contributed by atoms with Crippen LogP contribution in [0.1, 0.15) is 30.1 Å². The Bertz CT molecular complexity index is 468. The molecule has 0 bridgehead atoms.